The third-order valence-corrected chi connectivity index (χ3v) is 4.96. The molecule has 0 aliphatic rings. The molecule has 1 aromatic heterocycles. The Kier molecular flexibility index (Phi) is 6.63. The molecule has 0 radical (unpaired) electrons. The highest BCUT2D eigenvalue weighted by molar-refractivity contribution is 7.17. The Morgan fingerprint density at radius 3 is 2.50 bits per heavy atom. The van der Waals surface area contributed by atoms with Crippen LogP contribution >= 0.6 is 11.3 Å². The number of ether oxygens (including phenoxy) is 1. The van der Waals surface area contributed by atoms with E-state index in [9.17, 15) is 14.4 Å². The molecule has 0 aliphatic carbocycles. The lowest BCUT2D eigenvalue weighted by molar-refractivity contribution is -0.116. The second kappa shape index (κ2) is 8.71. The zero-order chi connectivity index (χ0) is 19.3. The molecule has 0 unspecified atom stereocenters. The van der Waals surface area contributed by atoms with E-state index in [2.05, 4.69) is 10.3 Å². The van der Waals surface area contributed by atoms with Crippen LogP contribution in [0.1, 0.15) is 56.6 Å². The Hall–Kier alpha value is -2.54. The molecule has 0 fully saturated rings. The number of nitrogens with one attached hydrogen (secondary N) is 1. The maximum atomic E-state index is 12.2. The molecule has 26 heavy (non-hydrogen) atoms. The molecule has 2 rings (SSSR count). The lowest BCUT2D eigenvalue weighted by Crippen LogP contribution is -2.13. The number of nitrogens with zero attached hydrogens (tertiary/aromatic N) is 1. The van der Waals surface area contributed by atoms with Crippen molar-refractivity contribution in [3.05, 3.63) is 45.5 Å². The fourth-order valence-corrected chi connectivity index (χ4v) is 3.18. The summed E-state index contributed by atoms with van der Waals surface area (Å²) < 4.78 is 4.95. The van der Waals surface area contributed by atoms with Crippen molar-refractivity contribution in [2.75, 3.05) is 11.9 Å². The van der Waals surface area contributed by atoms with Gasteiger partial charge in [-0.15, -0.1) is 0 Å². The normalized spacial score (nSPS) is 10.5. The molecular formula is C19H22N2O4S. The van der Waals surface area contributed by atoms with Crippen LogP contribution in [-0.2, 0) is 9.53 Å². The highest BCUT2D eigenvalue weighted by Crippen LogP contribution is 2.23. The zero-order valence-corrected chi connectivity index (χ0v) is 16.2. The second-order valence-electron chi connectivity index (χ2n) is 5.92. The molecule has 0 aliphatic heterocycles. The summed E-state index contributed by atoms with van der Waals surface area (Å²) in [6, 6.07) is 5.52. The van der Waals surface area contributed by atoms with E-state index in [-0.39, 0.29) is 31.1 Å². The molecule has 0 spiro atoms. The topological polar surface area (TPSA) is 85.4 Å². The number of anilines is 1. The lowest BCUT2D eigenvalue weighted by atomic mass is 10.0. The second-order valence-corrected chi connectivity index (χ2v) is 6.92. The van der Waals surface area contributed by atoms with Gasteiger partial charge in [0.05, 0.1) is 12.3 Å². The summed E-state index contributed by atoms with van der Waals surface area (Å²) in [6.07, 6.45) is 0.169. The Labute approximate surface area is 156 Å². The van der Waals surface area contributed by atoms with Gasteiger partial charge in [0.2, 0.25) is 5.91 Å². The molecular weight excluding hydrogens is 352 g/mol. The number of Topliss-reactive ketones (excluding diaryl/α,β-unsaturated/α-hetero) is 1. The van der Waals surface area contributed by atoms with Gasteiger partial charge in [-0.25, -0.2) is 9.78 Å². The lowest BCUT2D eigenvalue weighted by Gasteiger charge is -2.05. The molecule has 1 heterocycles. The van der Waals surface area contributed by atoms with Crippen molar-refractivity contribution in [1.82, 2.24) is 4.98 Å². The van der Waals surface area contributed by atoms with Gasteiger partial charge in [-0.05, 0) is 44.9 Å². The maximum Gasteiger partial charge on any atom is 0.350 e. The van der Waals surface area contributed by atoms with E-state index in [0.717, 1.165) is 22.5 Å². The van der Waals surface area contributed by atoms with E-state index in [1.54, 1.807) is 19.9 Å². The minimum Gasteiger partial charge on any atom is -0.462 e. The number of amides is 1. The van der Waals surface area contributed by atoms with Gasteiger partial charge < -0.3 is 10.1 Å². The smallest absolute Gasteiger partial charge is 0.350 e. The van der Waals surface area contributed by atoms with Gasteiger partial charge >= 0.3 is 5.97 Å². The van der Waals surface area contributed by atoms with Crippen LogP contribution in [0.2, 0.25) is 0 Å². The fourth-order valence-electron chi connectivity index (χ4n) is 2.30. The minimum absolute atomic E-state index is 0.0547. The Morgan fingerprint density at radius 1 is 1.12 bits per heavy atom. The van der Waals surface area contributed by atoms with Crippen molar-refractivity contribution in [2.24, 2.45) is 0 Å². The molecule has 0 saturated heterocycles. The number of aryl methyl sites for hydroxylation is 3. The number of benzene rings is 1. The van der Waals surface area contributed by atoms with Crippen molar-refractivity contribution in [2.45, 2.75) is 40.5 Å². The SMILES string of the molecule is CCOC(=O)c1sc(NC(=O)CCC(=O)c2ccc(C)c(C)c2)nc1C. The average molecular weight is 374 g/mol. The molecule has 7 heteroatoms. The summed E-state index contributed by atoms with van der Waals surface area (Å²) >= 11 is 1.07. The molecule has 1 amide bonds. The van der Waals surface area contributed by atoms with Crippen molar-refractivity contribution in [3.8, 4) is 0 Å². The van der Waals surface area contributed by atoms with Crippen LogP contribution in [0.3, 0.4) is 0 Å². The molecule has 0 atom stereocenters. The van der Waals surface area contributed by atoms with Crippen LogP contribution in [0.4, 0.5) is 5.13 Å². The van der Waals surface area contributed by atoms with Crippen molar-refractivity contribution < 1.29 is 19.1 Å². The van der Waals surface area contributed by atoms with Gasteiger partial charge in [-0.1, -0.05) is 23.5 Å². The van der Waals surface area contributed by atoms with Crippen LogP contribution in [0, 0.1) is 20.8 Å². The van der Waals surface area contributed by atoms with Crippen molar-refractivity contribution >= 4 is 34.1 Å². The summed E-state index contributed by atoms with van der Waals surface area (Å²) in [4.78, 5) is 40.6. The zero-order valence-electron chi connectivity index (χ0n) is 15.3. The summed E-state index contributed by atoms with van der Waals surface area (Å²) in [5.74, 6) is -0.843. The third-order valence-electron chi connectivity index (χ3n) is 3.91. The number of ketones is 1. The quantitative estimate of drug-likeness (QED) is 0.588. The molecule has 6 nitrogen and oxygen atoms in total. The van der Waals surface area contributed by atoms with Gasteiger partial charge in [-0.3, -0.25) is 9.59 Å². The number of thiazole rings is 1. The summed E-state index contributed by atoms with van der Waals surface area (Å²) in [6.45, 7) is 7.62. The molecule has 1 N–H and O–H groups in total. The number of carbonyl (C=O) groups is 3. The number of rotatable bonds is 7. The van der Waals surface area contributed by atoms with E-state index < -0.39 is 5.97 Å². The Bertz CT molecular complexity index is 842. The highest BCUT2D eigenvalue weighted by atomic mass is 32.1. The van der Waals surface area contributed by atoms with Gasteiger partial charge in [0.25, 0.3) is 0 Å². The summed E-state index contributed by atoms with van der Waals surface area (Å²) in [7, 11) is 0. The third kappa shape index (κ3) is 4.98. The predicted molar refractivity (Wildman–Crippen MR) is 101 cm³/mol. The van der Waals surface area contributed by atoms with Crippen LogP contribution in [0.15, 0.2) is 18.2 Å². The van der Waals surface area contributed by atoms with Gasteiger partial charge in [0.15, 0.2) is 10.9 Å². The van der Waals surface area contributed by atoms with E-state index in [1.807, 2.05) is 26.0 Å². The molecule has 0 bridgehead atoms. The predicted octanol–water partition coefficient (Wildman–Crippen LogP) is 3.85. The minimum atomic E-state index is -0.451. The number of hydrogen-bond acceptors (Lipinski definition) is 6. The van der Waals surface area contributed by atoms with Crippen LogP contribution in [0.25, 0.3) is 0 Å². The highest BCUT2D eigenvalue weighted by Gasteiger charge is 2.18. The number of hydrogen-bond donors (Lipinski definition) is 1. The first-order chi connectivity index (χ1) is 12.3. The first-order valence-corrected chi connectivity index (χ1v) is 9.18. The average Bonchev–Trinajstić information content (AvgIpc) is 2.95. The first kappa shape index (κ1) is 19.8. The van der Waals surface area contributed by atoms with Crippen LogP contribution in [0.5, 0.6) is 0 Å². The van der Waals surface area contributed by atoms with Crippen LogP contribution < -0.4 is 5.32 Å². The van der Waals surface area contributed by atoms with E-state index in [0.29, 0.717) is 21.3 Å². The number of esters is 1. The molecule has 2 aromatic rings. The van der Waals surface area contributed by atoms with E-state index in [4.69, 9.17) is 4.74 Å². The van der Waals surface area contributed by atoms with Gasteiger partial charge in [-0.2, -0.15) is 0 Å². The molecule has 138 valence electrons. The fraction of sp³-hybridized carbons (Fsp3) is 0.368. The Morgan fingerprint density at radius 2 is 1.85 bits per heavy atom. The first-order valence-electron chi connectivity index (χ1n) is 8.36. The standard InChI is InChI=1S/C19H22N2O4S/c1-5-25-18(24)17-13(4)20-19(26-17)21-16(23)9-8-15(22)14-7-6-11(2)12(3)10-14/h6-7,10H,5,8-9H2,1-4H3,(H,20,21,23). The van der Waals surface area contributed by atoms with Gasteiger partial charge in [0, 0.05) is 18.4 Å². The number of aromatic nitrogens is 1. The van der Waals surface area contributed by atoms with Crippen molar-refractivity contribution in [3.63, 3.8) is 0 Å². The largest absolute Gasteiger partial charge is 0.462 e. The summed E-state index contributed by atoms with van der Waals surface area (Å²) in [5.41, 5.74) is 3.28. The van der Waals surface area contributed by atoms with Crippen LogP contribution in [-0.4, -0.2) is 29.3 Å². The monoisotopic (exact) mass is 374 g/mol. The van der Waals surface area contributed by atoms with E-state index in [1.165, 1.54) is 0 Å². The van der Waals surface area contributed by atoms with Crippen molar-refractivity contribution in [1.29, 1.82) is 0 Å². The van der Waals surface area contributed by atoms with Gasteiger partial charge in [0.1, 0.15) is 4.88 Å². The maximum absolute atomic E-state index is 12.2. The summed E-state index contributed by atoms with van der Waals surface area (Å²) in [5, 5.41) is 2.96. The van der Waals surface area contributed by atoms with E-state index >= 15 is 0 Å². The Balaban J connectivity index is 1.92. The molecule has 1 aromatic carbocycles. The number of carbonyl (C=O) groups excluding carboxylic acids is 3. The molecule has 0 saturated carbocycles.